The van der Waals surface area contributed by atoms with Crippen molar-refractivity contribution < 1.29 is 0 Å². The summed E-state index contributed by atoms with van der Waals surface area (Å²) in [7, 11) is 0. The van der Waals surface area contributed by atoms with Crippen LogP contribution in [0.25, 0.3) is 35.4 Å². The van der Waals surface area contributed by atoms with E-state index in [2.05, 4.69) is 256 Å². The van der Waals surface area contributed by atoms with Gasteiger partial charge in [-0.05, 0) is 131 Å². The van der Waals surface area contributed by atoms with Crippen LogP contribution in [0.15, 0.2) is 194 Å². The molecular weight excluding hydrogens is 725 g/mol. The Hall–Kier alpha value is -7.16. The van der Waals surface area contributed by atoms with Crippen LogP contribution >= 0.6 is 0 Å². The molecule has 0 aliphatic heterocycles. The summed E-state index contributed by atoms with van der Waals surface area (Å²) >= 11 is 0. The van der Waals surface area contributed by atoms with Crippen LogP contribution < -0.4 is 9.80 Å². The van der Waals surface area contributed by atoms with Crippen LogP contribution in [0.2, 0.25) is 0 Å². The van der Waals surface area contributed by atoms with Crippen LogP contribution in [-0.2, 0) is 12.8 Å². The van der Waals surface area contributed by atoms with Gasteiger partial charge < -0.3 is 9.80 Å². The molecule has 0 fully saturated rings. The summed E-state index contributed by atoms with van der Waals surface area (Å²) in [6, 6.07) is 70.1. The van der Waals surface area contributed by atoms with Gasteiger partial charge in [0.15, 0.2) is 0 Å². The summed E-state index contributed by atoms with van der Waals surface area (Å²) < 4.78 is 0. The molecule has 0 amide bonds. The highest BCUT2D eigenvalue weighted by molar-refractivity contribution is 5.85. The smallest absolute Gasteiger partial charge is 0.0522 e. The largest absolute Gasteiger partial charge is 0.310 e. The van der Waals surface area contributed by atoms with Crippen molar-refractivity contribution in [3.8, 4) is 11.1 Å². The van der Waals surface area contributed by atoms with Crippen molar-refractivity contribution in [2.45, 2.75) is 40.5 Å². The maximum atomic E-state index is 2.43. The van der Waals surface area contributed by atoms with E-state index in [-0.39, 0.29) is 0 Å². The average Bonchev–Trinajstić information content (AvgIpc) is 3.30. The maximum Gasteiger partial charge on any atom is 0.0522 e. The average molecular weight is 777 g/mol. The van der Waals surface area contributed by atoms with Crippen molar-refractivity contribution in [3.63, 3.8) is 0 Å². The molecule has 294 valence electrons. The van der Waals surface area contributed by atoms with Crippen molar-refractivity contribution in [1.29, 1.82) is 0 Å². The Balaban J connectivity index is 1.14. The van der Waals surface area contributed by atoms with Gasteiger partial charge in [0.2, 0.25) is 0 Å². The fourth-order valence-corrected chi connectivity index (χ4v) is 8.12. The molecule has 8 aromatic carbocycles. The maximum absolute atomic E-state index is 2.43. The molecule has 0 heterocycles. The molecule has 0 aliphatic rings. The predicted octanol–water partition coefficient (Wildman–Crippen LogP) is 16.4. The van der Waals surface area contributed by atoms with Gasteiger partial charge >= 0.3 is 0 Å². The van der Waals surface area contributed by atoms with Crippen LogP contribution in [0.1, 0.15) is 58.4 Å². The SMILES string of the molecule is CCc1cccc(C)c1N(c1ccc(-c2ccc(N(c3cccc(/C=C/c4ccccc4)c3)c3c(C)cccc3CC)cc2)cc1)c1cccc(/C=C/c2ccccc2)c1. The van der Waals surface area contributed by atoms with Crippen molar-refractivity contribution in [2.24, 2.45) is 0 Å². The number of nitrogens with zero attached hydrogens (tertiary/aromatic N) is 2. The number of para-hydroxylation sites is 2. The van der Waals surface area contributed by atoms with Crippen LogP contribution in [0.3, 0.4) is 0 Å². The summed E-state index contributed by atoms with van der Waals surface area (Å²) in [5.74, 6) is 0. The van der Waals surface area contributed by atoms with Gasteiger partial charge in [0.25, 0.3) is 0 Å². The molecule has 0 radical (unpaired) electrons. The van der Waals surface area contributed by atoms with Gasteiger partial charge in [-0.3, -0.25) is 0 Å². The first-order valence-electron chi connectivity index (χ1n) is 21.1. The molecule has 0 bridgehead atoms. The lowest BCUT2D eigenvalue weighted by molar-refractivity contribution is 1.10. The van der Waals surface area contributed by atoms with Crippen LogP contribution in [0.5, 0.6) is 0 Å². The Morgan fingerprint density at radius 3 is 1.07 bits per heavy atom. The predicted molar refractivity (Wildman–Crippen MR) is 260 cm³/mol. The summed E-state index contributed by atoms with van der Waals surface area (Å²) in [4.78, 5) is 4.85. The highest BCUT2D eigenvalue weighted by Gasteiger charge is 2.20. The van der Waals surface area contributed by atoms with E-state index in [4.69, 9.17) is 0 Å². The standard InChI is InChI=1S/C58H52N2/c1-5-49-25-13-17-43(3)57(49)59(55-27-15-23-47(41-55)31-29-45-19-9-7-10-20-45)53-37-33-51(34-38-53)52-35-39-54(40-36-52)60(58-44(4)18-14-26-50(58)6-2)56-28-16-24-48(42-56)32-30-46-21-11-8-12-22-46/h7-42H,5-6H2,1-4H3/b31-29+,32-30+. The highest BCUT2D eigenvalue weighted by atomic mass is 15.2. The van der Waals surface area contributed by atoms with E-state index < -0.39 is 0 Å². The molecule has 2 nitrogen and oxygen atoms in total. The third-order valence-electron chi connectivity index (χ3n) is 11.2. The minimum absolute atomic E-state index is 0.944. The van der Waals surface area contributed by atoms with E-state index in [0.29, 0.717) is 0 Å². The third-order valence-corrected chi connectivity index (χ3v) is 11.2. The first-order chi connectivity index (χ1) is 29.5. The molecule has 60 heavy (non-hydrogen) atoms. The summed E-state index contributed by atoms with van der Waals surface area (Å²) in [5.41, 5.74) is 19.2. The fourth-order valence-electron chi connectivity index (χ4n) is 8.12. The molecule has 8 aromatic rings. The first-order valence-corrected chi connectivity index (χ1v) is 21.1. The van der Waals surface area contributed by atoms with E-state index in [1.807, 2.05) is 0 Å². The van der Waals surface area contributed by atoms with Crippen molar-refractivity contribution in [2.75, 3.05) is 9.80 Å². The third kappa shape index (κ3) is 8.94. The Labute approximate surface area is 357 Å². The Bertz CT molecular complexity index is 2530. The molecule has 0 atom stereocenters. The van der Waals surface area contributed by atoms with Gasteiger partial charge in [0.05, 0.1) is 11.4 Å². The molecule has 0 N–H and O–H groups in total. The summed E-state index contributed by atoms with van der Waals surface area (Å²) in [5, 5.41) is 0. The topological polar surface area (TPSA) is 6.48 Å². The van der Waals surface area contributed by atoms with Crippen molar-refractivity contribution in [3.05, 3.63) is 239 Å². The van der Waals surface area contributed by atoms with Crippen LogP contribution in [-0.4, -0.2) is 0 Å². The van der Waals surface area contributed by atoms with Gasteiger partial charge in [-0.25, -0.2) is 0 Å². The summed E-state index contributed by atoms with van der Waals surface area (Å²) in [6.07, 6.45) is 10.6. The van der Waals surface area contributed by atoms with Gasteiger partial charge in [0, 0.05) is 22.7 Å². The van der Waals surface area contributed by atoms with Gasteiger partial charge in [-0.15, -0.1) is 0 Å². The lowest BCUT2D eigenvalue weighted by Gasteiger charge is -2.30. The zero-order valence-corrected chi connectivity index (χ0v) is 35.1. The Kier molecular flexibility index (Phi) is 12.3. The number of hydrogen-bond donors (Lipinski definition) is 0. The second-order valence-corrected chi connectivity index (χ2v) is 15.3. The number of anilines is 6. The molecule has 2 heteroatoms. The molecule has 0 saturated carbocycles. The van der Waals surface area contributed by atoms with Gasteiger partial charge in [-0.2, -0.15) is 0 Å². The quantitative estimate of drug-likeness (QED) is 0.108. The fraction of sp³-hybridized carbons (Fsp3) is 0.103. The monoisotopic (exact) mass is 776 g/mol. The number of benzene rings is 8. The lowest BCUT2D eigenvalue weighted by atomic mass is 10.00. The molecule has 0 aromatic heterocycles. The van der Waals surface area contributed by atoms with Gasteiger partial charge in [-0.1, -0.05) is 184 Å². The zero-order valence-electron chi connectivity index (χ0n) is 35.1. The van der Waals surface area contributed by atoms with Crippen molar-refractivity contribution in [1.82, 2.24) is 0 Å². The van der Waals surface area contributed by atoms with Crippen LogP contribution in [0.4, 0.5) is 34.1 Å². The Morgan fingerprint density at radius 1 is 0.333 bits per heavy atom. The minimum Gasteiger partial charge on any atom is -0.310 e. The van der Waals surface area contributed by atoms with E-state index in [1.54, 1.807) is 0 Å². The molecular formula is C58H52N2. The van der Waals surface area contributed by atoms with E-state index in [0.717, 1.165) is 46.7 Å². The molecule has 0 saturated heterocycles. The molecule has 0 unspecified atom stereocenters. The number of hydrogen-bond acceptors (Lipinski definition) is 2. The highest BCUT2D eigenvalue weighted by Crippen LogP contribution is 2.42. The zero-order chi connectivity index (χ0) is 41.3. The van der Waals surface area contributed by atoms with Gasteiger partial charge in [0.1, 0.15) is 0 Å². The second-order valence-electron chi connectivity index (χ2n) is 15.3. The molecule has 0 aliphatic carbocycles. The minimum atomic E-state index is 0.944. The van der Waals surface area contributed by atoms with E-state index >= 15 is 0 Å². The first kappa shape index (κ1) is 39.7. The summed E-state index contributed by atoms with van der Waals surface area (Å²) in [6.45, 7) is 8.92. The van der Waals surface area contributed by atoms with E-state index in [1.165, 1.54) is 55.9 Å². The molecule has 8 rings (SSSR count). The lowest BCUT2D eigenvalue weighted by Crippen LogP contribution is -2.14. The number of rotatable bonds is 13. The Morgan fingerprint density at radius 2 is 0.683 bits per heavy atom. The second kappa shape index (κ2) is 18.6. The van der Waals surface area contributed by atoms with Crippen LogP contribution in [0, 0.1) is 13.8 Å². The normalized spacial score (nSPS) is 11.3. The van der Waals surface area contributed by atoms with Crippen molar-refractivity contribution >= 4 is 58.4 Å². The van der Waals surface area contributed by atoms with E-state index in [9.17, 15) is 0 Å². The molecule has 0 spiro atoms. The number of aryl methyl sites for hydroxylation is 4.